The van der Waals surface area contributed by atoms with Crippen molar-refractivity contribution in [3.05, 3.63) is 52.5 Å². The Labute approximate surface area is 173 Å². The van der Waals surface area contributed by atoms with Crippen LogP contribution in [0.25, 0.3) is 11.4 Å². The van der Waals surface area contributed by atoms with Gasteiger partial charge in [0.05, 0.1) is 19.2 Å². The Morgan fingerprint density at radius 2 is 1.86 bits per heavy atom. The lowest BCUT2D eigenvalue weighted by molar-refractivity contribution is -0.133. The summed E-state index contributed by atoms with van der Waals surface area (Å²) in [5, 5.41) is 12.8. The maximum Gasteiger partial charge on any atom is 0.246 e. The van der Waals surface area contributed by atoms with Crippen LogP contribution in [0.5, 0.6) is 11.5 Å². The monoisotopic (exact) mass is 413 g/mol. The number of aromatic nitrogens is 4. The van der Waals surface area contributed by atoms with E-state index in [0.29, 0.717) is 41.0 Å². The van der Waals surface area contributed by atoms with Crippen molar-refractivity contribution >= 4 is 17.5 Å². The summed E-state index contributed by atoms with van der Waals surface area (Å²) in [7, 11) is 3.22. The maximum atomic E-state index is 12.8. The number of carbonyl (C=O) groups is 1. The van der Waals surface area contributed by atoms with E-state index in [1.54, 1.807) is 25.2 Å². The fourth-order valence-corrected chi connectivity index (χ4v) is 3.60. The maximum absolute atomic E-state index is 12.8. The van der Waals surface area contributed by atoms with Crippen molar-refractivity contribution in [2.24, 2.45) is 0 Å². The van der Waals surface area contributed by atoms with E-state index in [2.05, 4.69) is 15.4 Å². The van der Waals surface area contributed by atoms with Crippen LogP contribution in [0.3, 0.4) is 0 Å². The molecule has 2 heterocycles. The van der Waals surface area contributed by atoms with Gasteiger partial charge in [0, 0.05) is 18.7 Å². The number of hydrogen-bond donors (Lipinski definition) is 0. The van der Waals surface area contributed by atoms with E-state index in [0.717, 1.165) is 17.5 Å². The Morgan fingerprint density at radius 3 is 2.59 bits per heavy atom. The lowest BCUT2D eigenvalue weighted by Gasteiger charge is -2.29. The highest BCUT2D eigenvalue weighted by Gasteiger charge is 2.24. The molecule has 0 radical (unpaired) electrons. The molecule has 0 saturated heterocycles. The van der Waals surface area contributed by atoms with Crippen LogP contribution in [0.4, 0.5) is 0 Å². The first-order chi connectivity index (χ1) is 14.1. The highest BCUT2D eigenvalue weighted by atomic mass is 35.5. The Morgan fingerprint density at radius 1 is 1.14 bits per heavy atom. The van der Waals surface area contributed by atoms with Crippen molar-refractivity contribution in [1.82, 2.24) is 25.1 Å². The minimum Gasteiger partial charge on any atom is -0.493 e. The minimum absolute atomic E-state index is 0.0140. The summed E-state index contributed by atoms with van der Waals surface area (Å²) in [5.74, 6) is 1.67. The van der Waals surface area contributed by atoms with E-state index < -0.39 is 0 Å². The van der Waals surface area contributed by atoms with Crippen LogP contribution in [0.15, 0.2) is 36.4 Å². The summed E-state index contributed by atoms with van der Waals surface area (Å²) < 4.78 is 10.7. The highest BCUT2D eigenvalue weighted by Crippen LogP contribution is 2.33. The largest absolute Gasteiger partial charge is 0.493 e. The molecule has 0 fully saturated rings. The van der Waals surface area contributed by atoms with E-state index in [4.69, 9.17) is 21.1 Å². The molecular weight excluding hydrogens is 394 g/mol. The second-order valence-corrected chi connectivity index (χ2v) is 7.07. The van der Waals surface area contributed by atoms with Crippen LogP contribution < -0.4 is 9.47 Å². The topological polar surface area (TPSA) is 82.4 Å². The van der Waals surface area contributed by atoms with Crippen molar-refractivity contribution < 1.29 is 14.3 Å². The number of amides is 1. The number of ether oxygens (including phenoxy) is 2. The lowest BCUT2D eigenvalue weighted by Crippen LogP contribution is -2.38. The number of hydrogen-bond acceptors (Lipinski definition) is 6. The smallest absolute Gasteiger partial charge is 0.246 e. The van der Waals surface area contributed by atoms with E-state index >= 15 is 0 Å². The molecule has 1 aliphatic rings. The number of carbonyl (C=O) groups excluding carboxylic acids is 1. The number of halogens is 1. The first kappa shape index (κ1) is 19.2. The van der Waals surface area contributed by atoms with Crippen LogP contribution in [0.1, 0.15) is 11.1 Å². The quantitative estimate of drug-likeness (QED) is 0.639. The molecule has 0 atom stereocenters. The van der Waals surface area contributed by atoms with Crippen LogP contribution in [0, 0.1) is 0 Å². The molecule has 0 aliphatic carbocycles. The summed E-state index contributed by atoms with van der Waals surface area (Å²) >= 11 is 6.18. The molecule has 2 aromatic carbocycles. The molecule has 0 N–H and O–H groups in total. The SMILES string of the molecule is COc1cc2c(cc1OC)CN(C(=O)Cn1nnc(-c3ccccc3Cl)n1)CC2. The fourth-order valence-electron chi connectivity index (χ4n) is 3.38. The van der Waals surface area contributed by atoms with Gasteiger partial charge < -0.3 is 14.4 Å². The van der Waals surface area contributed by atoms with Crippen LogP contribution in [0.2, 0.25) is 5.02 Å². The summed E-state index contributed by atoms with van der Waals surface area (Å²) in [4.78, 5) is 15.9. The van der Waals surface area contributed by atoms with Gasteiger partial charge in [-0.25, -0.2) is 0 Å². The molecule has 8 nitrogen and oxygen atoms in total. The molecule has 4 rings (SSSR count). The van der Waals surface area contributed by atoms with Gasteiger partial charge in [-0.1, -0.05) is 23.7 Å². The number of tetrazole rings is 1. The molecule has 0 saturated carbocycles. The van der Waals surface area contributed by atoms with Crippen molar-refractivity contribution in [1.29, 1.82) is 0 Å². The number of benzene rings is 2. The fraction of sp³-hybridized carbons (Fsp3) is 0.300. The summed E-state index contributed by atoms with van der Waals surface area (Å²) in [6.45, 7) is 1.13. The standard InChI is InChI=1S/C20H20ClN5O3/c1-28-17-9-13-7-8-25(11-14(13)10-18(17)29-2)19(27)12-26-23-20(22-24-26)15-5-3-4-6-16(15)21/h3-6,9-10H,7-8,11-12H2,1-2H3. The predicted octanol–water partition coefficient (Wildman–Crippen LogP) is 2.60. The van der Waals surface area contributed by atoms with Crippen molar-refractivity contribution in [2.75, 3.05) is 20.8 Å². The molecule has 0 spiro atoms. The molecule has 1 aromatic heterocycles. The van der Waals surface area contributed by atoms with Gasteiger partial charge in [0.2, 0.25) is 11.7 Å². The third-order valence-corrected chi connectivity index (χ3v) is 5.24. The highest BCUT2D eigenvalue weighted by molar-refractivity contribution is 6.33. The molecule has 0 bridgehead atoms. The Balaban J connectivity index is 1.47. The van der Waals surface area contributed by atoms with Crippen LogP contribution >= 0.6 is 11.6 Å². The van der Waals surface area contributed by atoms with E-state index in [1.807, 2.05) is 30.3 Å². The number of rotatable bonds is 5. The third-order valence-electron chi connectivity index (χ3n) is 4.92. The Hall–Kier alpha value is -3.13. The molecule has 9 heteroatoms. The van der Waals surface area contributed by atoms with Gasteiger partial charge >= 0.3 is 0 Å². The molecule has 0 unspecified atom stereocenters. The average Bonchev–Trinajstić information content (AvgIpc) is 3.20. The molecule has 1 aliphatic heterocycles. The average molecular weight is 414 g/mol. The molecule has 150 valence electrons. The molecule has 29 heavy (non-hydrogen) atoms. The van der Waals surface area contributed by atoms with Crippen LogP contribution in [-0.2, 0) is 24.3 Å². The normalized spacial score (nSPS) is 13.1. The van der Waals surface area contributed by atoms with Crippen molar-refractivity contribution in [3.8, 4) is 22.9 Å². The van der Waals surface area contributed by atoms with E-state index in [-0.39, 0.29) is 12.5 Å². The Kier molecular flexibility index (Phi) is 5.35. The number of nitrogens with zero attached hydrogens (tertiary/aromatic N) is 5. The van der Waals surface area contributed by atoms with Gasteiger partial charge in [0.15, 0.2) is 11.5 Å². The zero-order valence-corrected chi connectivity index (χ0v) is 16.9. The van der Waals surface area contributed by atoms with Crippen molar-refractivity contribution in [3.63, 3.8) is 0 Å². The summed E-state index contributed by atoms with van der Waals surface area (Å²) in [5.41, 5.74) is 2.89. The third kappa shape index (κ3) is 3.88. The zero-order valence-electron chi connectivity index (χ0n) is 16.1. The van der Waals surface area contributed by atoms with Crippen LogP contribution in [-0.4, -0.2) is 51.8 Å². The van der Waals surface area contributed by atoms with Gasteiger partial charge in [-0.2, -0.15) is 4.80 Å². The lowest BCUT2D eigenvalue weighted by atomic mass is 9.98. The van der Waals surface area contributed by atoms with Gasteiger partial charge in [-0.3, -0.25) is 4.79 Å². The number of methoxy groups -OCH3 is 2. The van der Waals surface area contributed by atoms with Crippen molar-refractivity contribution in [2.45, 2.75) is 19.5 Å². The minimum atomic E-state index is -0.0754. The molecule has 1 amide bonds. The number of fused-ring (bicyclic) bond motifs is 1. The van der Waals surface area contributed by atoms with Gasteiger partial charge in [-0.15, -0.1) is 10.2 Å². The Bertz CT molecular complexity index is 1050. The summed E-state index contributed by atoms with van der Waals surface area (Å²) in [6, 6.07) is 11.2. The van der Waals surface area contributed by atoms with E-state index in [9.17, 15) is 4.79 Å². The second kappa shape index (κ2) is 8.08. The predicted molar refractivity (Wildman–Crippen MR) is 107 cm³/mol. The summed E-state index contributed by atoms with van der Waals surface area (Å²) in [6.07, 6.45) is 0.747. The van der Waals surface area contributed by atoms with Gasteiger partial charge in [-0.05, 0) is 47.0 Å². The van der Waals surface area contributed by atoms with Gasteiger partial charge in [0.1, 0.15) is 6.54 Å². The first-order valence-corrected chi connectivity index (χ1v) is 9.51. The molecule has 3 aromatic rings. The zero-order chi connectivity index (χ0) is 20.4. The first-order valence-electron chi connectivity index (χ1n) is 9.13. The van der Waals surface area contributed by atoms with E-state index in [1.165, 1.54) is 4.80 Å². The molecular formula is C20H20ClN5O3. The van der Waals surface area contributed by atoms with Gasteiger partial charge in [0.25, 0.3) is 0 Å². The second-order valence-electron chi connectivity index (χ2n) is 6.66.